The second-order valence-electron chi connectivity index (χ2n) is 6.00. The topological polar surface area (TPSA) is 54.4 Å². The molecule has 0 heterocycles. The molecule has 3 heteroatoms. The van der Waals surface area contributed by atoms with Crippen molar-refractivity contribution in [1.82, 2.24) is 0 Å². The molecule has 2 rings (SSSR count). The highest BCUT2D eigenvalue weighted by Gasteiger charge is 2.37. The fourth-order valence-electron chi connectivity index (χ4n) is 3.02. The third-order valence-corrected chi connectivity index (χ3v) is 4.38. The fraction of sp³-hybridized carbons (Fsp3) is 0.529. The highest BCUT2D eigenvalue weighted by molar-refractivity contribution is 6.02. The van der Waals surface area contributed by atoms with Crippen LogP contribution >= 0.6 is 0 Å². The molecule has 0 saturated heterocycles. The number of carboxylic acid groups (broad SMARTS) is 1. The number of carbonyl (C=O) groups excluding carboxylic acids is 1. The predicted molar refractivity (Wildman–Crippen MR) is 77.9 cm³/mol. The van der Waals surface area contributed by atoms with Gasteiger partial charge in [0.2, 0.25) is 0 Å². The van der Waals surface area contributed by atoms with Gasteiger partial charge in [-0.2, -0.15) is 0 Å². The van der Waals surface area contributed by atoms with Gasteiger partial charge in [-0.1, -0.05) is 44.0 Å². The second-order valence-corrected chi connectivity index (χ2v) is 6.00. The molecule has 0 amide bonds. The van der Waals surface area contributed by atoms with Crippen molar-refractivity contribution in [3.05, 3.63) is 35.4 Å². The third-order valence-electron chi connectivity index (χ3n) is 4.38. The zero-order valence-electron chi connectivity index (χ0n) is 12.0. The first-order valence-electron chi connectivity index (χ1n) is 7.37. The minimum Gasteiger partial charge on any atom is -0.481 e. The molecule has 3 nitrogen and oxygen atoms in total. The van der Waals surface area contributed by atoms with Crippen molar-refractivity contribution in [3.63, 3.8) is 0 Å². The van der Waals surface area contributed by atoms with E-state index in [1.54, 1.807) is 0 Å². The largest absolute Gasteiger partial charge is 0.481 e. The van der Waals surface area contributed by atoms with Crippen LogP contribution in [0.1, 0.15) is 61.4 Å². The van der Waals surface area contributed by atoms with Crippen LogP contribution in [0.5, 0.6) is 0 Å². The lowest BCUT2D eigenvalue weighted by molar-refractivity contribution is -0.137. The maximum atomic E-state index is 12.6. The van der Waals surface area contributed by atoms with Gasteiger partial charge in [0.25, 0.3) is 0 Å². The maximum absolute atomic E-state index is 12.6. The lowest BCUT2D eigenvalue weighted by atomic mass is 9.69. The van der Waals surface area contributed by atoms with E-state index >= 15 is 0 Å². The Hall–Kier alpha value is -1.64. The van der Waals surface area contributed by atoms with Crippen molar-refractivity contribution >= 4 is 11.8 Å². The zero-order chi connectivity index (χ0) is 14.6. The van der Waals surface area contributed by atoms with Crippen LogP contribution in [-0.4, -0.2) is 16.9 Å². The van der Waals surface area contributed by atoms with E-state index in [2.05, 4.69) is 6.92 Å². The summed E-state index contributed by atoms with van der Waals surface area (Å²) in [7, 11) is 0. The van der Waals surface area contributed by atoms with Crippen LogP contribution in [0.25, 0.3) is 0 Å². The summed E-state index contributed by atoms with van der Waals surface area (Å²) in [6.45, 7) is 2.06. The quantitative estimate of drug-likeness (QED) is 0.801. The number of hydrogen-bond acceptors (Lipinski definition) is 2. The summed E-state index contributed by atoms with van der Waals surface area (Å²) < 4.78 is 0. The van der Waals surface area contributed by atoms with Crippen molar-refractivity contribution in [2.45, 2.75) is 51.9 Å². The van der Waals surface area contributed by atoms with Gasteiger partial charge in [-0.25, -0.2) is 0 Å². The highest BCUT2D eigenvalue weighted by Crippen LogP contribution is 2.39. The standard InChI is InChI=1S/C17H22O3/c1-17(11-6-2-3-9-15(18)19)12-10-13-7-4-5-8-14(13)16(17)20/h4-5,7-8H,2-3,6,9-12H2,1H3,(H,18,19). The Labute approximate surface area is 120 Å². The minimum absolute atomic E-state index is 0.230. The Balaban J connectivity index is 1.92. The number of carbonyl (C=O) groups is 2. The van der Waals surface area contributed by atoms with Crippen molar-refractivity contribution in [2.75, 3.05) is 0 Å². The molecule has 0 saturated carbocycles. The van der Waals surface area contributed by atoms with E-state index in [-0.39, 0.29) is 17.6 Å². The number of Topliss-reactive ketones (excluding diaryl/α,β-unsaturated/α-hetero) is 1. The molecule has 108 valence electrons. The van der Waals surface area contributed by atoms with Crippen LogP contribution in [0.2, 0.25) is 0 Å². The summed E-state index contributed by atoms with van der Waals surface area (Å²) in [4.78, 5) is 23.1. The van der Waals surface area contributed by atoms with Gasteiger partial charge in [-0.3, -0.25) is 9.59 Å². The molecule has 1 aromatic rings. The van der Waals surface area contributed by atoms with Crippen molar-refractivity contribution < 1.29 is 14.7 Å². The first kappa shape index (κ1) is 14.8. The Morgan fingerprint density at radius 2 is 2.00 bits per heavy atom. The first-order valence-corrected chi connectivity index (χ1v) is 7.37. The third kappa shape index (κ3) is 3.27. The number of aliphatic carboxylic acids is 1. The Bertz CT molecular complexity index is 507. The summed E-state index contributed by atoms with van der Waals surface area (Å²) in [5.74, 6) is -0.475. The molecule has 0 radical (unpaired) electrons. The molecule has 20 heavy (non-hydrogen) atoms. The van der Waals surface area contributed by atoms with Gasteiger partial charge in [0.05, 0.1) is 0 Å². The van der Waals surface area contributed by atoms with Crippen LogP contribution in [0.3, 0.4) is 0 Å². The van der Waals surface area contributed by atoms with E-state index in [1.807, 2.05) is 24.3 Å². The molecule has 0 bridgehead atoms. The SMILES string of the molecule is CC1(CCCCCC(=O)O)CCc2ccccc2C1=O. The lowest BCUT2D eigenvalue weighted by Crippen LogP contribution is -2.33. The van der Waals surface area contributed by atoms with E-state index in [0.29, 0.717) is 6.42 Å². The number of ketones is 1. The van der Waals surface area contributed by atoms with Gasteiger partial charge in [0.15, 0.2) is 5.78 Å². The molecular formula is C17H22O3. The maximum Gasteiger partial charge on any atom is 0.303 e. The monoisotopic (exact) mass is 274 g/mol. The summed E-state index contributed by atoms with van der Waals surface area (Å²) in [5.41, 5.74) is 1.78. The van der Waals surface area contributed by atoms with Gasteiger partial charge in [0, 0.05) is 17.4 Å². The van der Waals surface area contributed by atoms with Gasteiger partial charge in [0.1, 0.15) is 0 Å². The van der Waals surface area contributed by atoms with E-state index in [4.69, 9.17) is 5.11 Å². The predicted octanol–water partition coefficient (Wildman–Crippen LogP) is 3.86. The van der Waals surface area contributed by atoms with Crippen molar-refractivity contribution in [2.24, 2.45) is 5.41 Å². The minimum atomic E-state index is -0.737. The number of aryl methyl sites for hydroxylation is 1. The summed E-state index contributed by atoms with van der Waals surface area (Å²) in [6.07, 6.45) is 5.48. The molecule has 1 aliphatic rings. The summed E-state index contributed by atoms with van der Waals surface area (Å²) in [5, 5.41) is 8.61. The zero-order valence-corrected chi connectivity index (χ0v) is 12.0. The molecule has 1 N–H and O–H groups in total. The number of unbranched alkanes of at least 4 members (excludes halogenated alkanes) is 2. The molecule has 1 aliphatic carbocycles. The van der Waals surface area contributed by atoms with Crippen LogP contribution < -0.4 is 0 Å². The molecule has 0 spiro atoms. The second kappa shape index (κ2) is 6.21. The van der Waals surface area contributed by atoms with Crippen LogP contribution in [-0.2, 0) is 11.2 Å². The smallest absolute Gasteiger partial charge is 0.303 e. The molecule has 1 aromatic carbocycles. The van der Waals surface area contributed by atoms with E-state index in [1.165, 1.54) is 5.56 Å². The molecule has 0 aromatic heterocycles. The highest BCUT2D eigenvalue weighted by atomic mass is 16.4. The van der Waals surface area contributed by atoms with Crippen molar-refractivity contribution in [1.29, 1.82) is 0 Å². The fourth-order valence-corrected chi connectivity index (χ4v) is 3.02. The van der Waals surface area contributed by atoms with E-state index in [0.717, 1.165) is 37.7 Å². The van der Waals surface area contributed by atoms with Gasteiger partial charge >= 0.3 is 5.97 Å². The van der Waals surface area contributed by atoms with E-state index < -0.39 is 5.97 Å². The molecule has 1 atom stereocenters. The number of rotatable bonds is 6. The number of fused-ring (bicyclic) bond motifs is 1. The van der Waals surface area contributed by atoms with Gasteiger partial charge in [-0.15, -0.1) is 0 Å². The molecule has 0 fully saturated rings. The van der Waals surface area contributed by atoms with E-state index in [9.17, 15) is 9.59 Å². The summed E-state index contributed by atoms with van der Waals surface area (Å²) in [6, 6.07) is 7.88. The Morgan fingerprint density at radius 3 is 2.75 bits per heavy atom. The number of benzene rings is 1. The van der Waals surface area contributed by atoms with Crippen LogP contribution in [0.4, 0.5) is 0 Å². The van der Waals surface area contributed by atoms with Crippen LogP contribution in [0.15, 0.2) is 24.3 Å². The molecule has 0 aliphatic heterocycles. The van der Waals surface area contributed by atoms with Crippen LogP contribution in [0, 0.1) is 5.41 Å². The average molecular weight is 274 g/mol. The molecular weight excluding hydrogens is 252 g/mol. The normalized spacial score (nSPS) is 21.6. The summed E-state index contributed by atoms with van der Waals surface area (Å²) >= 11 is 0. The Kier molecular flexibility index (Phi) is 4.58. The lowest BCUT2D eigenvalue weighted by Gasteiger charge is -2.33. The average Bonchev–Trinajstić information content (AvgIpc) is 2.43. The number of hydrogen-bond donors (Lipinski definition) is 1. The molecule has 1 unspecified atom stereocenters. The first-order chi connectivity index (χ1) is 9.53. The van der Waals surface area contributed by atoms with Gasteiger partial charge < -0.3 is 5.11 Å². The van der Waals surface area contributed by atoms with Gasteiger partial charge in [-0.05, 0) is 31.2 Å². The van der Waals surface area contributed by atoms with Crippen molar-refractivity contribution in [3.8, 4) is 0 Å². The Morgan fingerprint density at radius 1 is 1.25 bits per heavy atom. The number of carboxylic acids is 1.